The van der Waals surface area contributed by atoms with Gasteiger partial charge in [-0.05, 0) is 155 Å². The number of benzene rings is 13. The van der Waals surface area contributed by atoms with Gasteiger partial charge in [0.25, 0.3) is 0 Å². The van der Waals surface area contributed by atoms with Gasteiger partial charge in [0, 0.05) is 33.5 Å². The monoisotopic (exact) mass is 1070 g/mol. The average molecular weight is 1070 g/mol. The zero-order valence-corrected chi connectivity index (χ0v) is 46.2. The molecule has 2 nitrogen and oxygen atoms in total. The van der Waals surface area contributed by atoms with Crippen molar-refractivity contribution in [2.24, 2.45) is 0 Å². The number of hydrogen-bond donors (Lipinski definition) is 0. The van der Waals surface area contributed by atoms with Gasteiger partial charge in [-0.2, -0.15) is 0 Å². The fraction of sp³-hybridized carbons (Fsp3) is 0.0127. The van der Waals surface area contributed by atoms with Gasteiger partial charge in [-0.1, -0.05) is 266 Å². The number of hydrogen-bond acceptors (Lipinski definition) is 1. The van der Waals surface area contributed by atoms with E-state index in [0.29, 0.717) is 0 Å². The van der Waals surface area contributed by atoms with Gasteiger partial charge in [0.1, 0.15) is 0 Å². The number of rotatable bonds is 6. The second-order valence-electron chi connectivity index (χ2n) is 22.7. The molecule has 13 aromatic carbocycles. The van der Waals surface area contributed by atoms with Gasteiger partial charge in [-0.15, -0.1) is 0 Å². The molecule has 384 valence electrons. The van der Waals surface area contributed by atoms with Crippen LogP contribution in [-0.4, -0.2) is 11.3 Å². The second kappa shape index (κ2) is 18.0. The summed E-state index contributed by atoms with van der Waals surface area (Å²) in [5.74, 6) is 0. The summed E-state index contributed by atoms with van der Waals surface area (Å²) in [4.78, 5) is 2.65. The van der Waals surface area contributed by atoms with Crippen LogP contribution in [0.25, 0.3) is 83.1 Å². The maximum Gasteiger partial charge on any atom is 0.248 e. The Labute approximate surface area is 484 Å². The summed E-state index contributed by atoms with van der Waals surface area (Å²) in [6, 6.07) is 115. The third kappa shape index (κ3) is 6.66. The third-order valence-electron chi connectivity index (χ3n) is 18.6. The standard InChI is InChI=1S/C79H50BN2P/c1-4-20-51(21-5-1)54-36-41-59(42-37-54)83-76-45-39-56(53-24-8-3-9-25-53)47-71(76)80-70-46-55(52-22-6-2-7-23-52)38-44-74(70)81(75-49-58(50-77(83)78(75)80)82-72-34-18-13-29-63(72)64-30-14-19-35-73(64)82)57-40-43-69-65(48-57)62-28-12-17-33-68(62)79(69)66-31-15-10-26-60(66)61-27-11-16-32-67(61)79/h1-50H. The Morgan fingerprint density at radius 1 is 0.301 bits per heavy atom. The molecule has 0 N–H and O–H groups in total. The molecule has 1 atom stereocenters. The second-order valence-corrected chi connectivity index (χ2v) is 24.8. The first-order valence-corrected chi connectivity index (χ1v) is 30.3. The zero-order chi connectivity index (χ0) is 54.3. The lowest BCUT2D eigenvalue weighted by atomic mass is 9.34. The van der Waals surface area contributed by atoms with Gasteiger partial charge >= 0.3 is 0 Å². The maximum absolute atomic E-state index is 2.65. The van der Waals surface area contributed by atoms with Crippen LogP contribution < -0.4 is 37.2 Å². The van der Waals surface area contributed by atoms with Crippen LogP contribution in [0, 0.1) is 0 Å². The Morgan fingerprint density at radius 3 is 1.37 bits per heavy atom. The molecule has 83 heavy (non-hydrogen) atoms. The number of nitrogens with zero attached hydrogens (tertiary/aromatic N) is 2. The SMILES string of the molecule is c1ccc(-c2ccc(P3c4ccc(-c5ccccc5)cc4B4c5cc(-c6ccccc6)ccc5N(c5ccc6c(c5)-c5ccccc5C65c6ccccc6-c6ccccc65)c5cc(-n6c7ccccc7c7ccccc76)cc3c54)cc2)cc1. The number of para-hydroxylation sites is 2. The van der Waals surface area contributed by atoms with E-state index in [2.05, 4.69) is 313 Å². The molecule has 1 unspecified atom stereocenters. The Morgan fingerprint density at radius 2 is 0.771 bits per heavy atom. The lowest BCUT2D eigenvalue weighted by molar-refractivity contribution is 0.794. The quantitative estimate of drug-likeness (QED) is 0.119. The Bertz CT molecular complexity index is 4890. The van der Waals surface area contributed by atoms with Crippen LogP contribution >= 0.6 is 7.92 Å². The number of fused-ring (bicyclic) bond motifs is 17. The summed E-state index contributed by atoms with van der Waals surface area (Å²) < 4.78 is 2.54. The molecule has 3 heterocycles. The predicted octanol–water partition coefficient (Wildman–Crippen LogP) is 16.5. The average Bonchev–Trinajstić information content (AvgIpc) is 1.73. The van der Waals surface area contributed by atoms with Crippen LogP contribution in [0.2, 0.25) is 0 Å². The first-order valence-electron chi connectivity index (χ1n) is 28.9. The van der Waals surface area contributed by atoms with Crippen molar-refractivity contribution in [1.82, 2.24) is 4.57 Å². The van der Waals surface area contributed by atoms with E-state index in [-0.39, 0.29) is 6.71 Å². The van der Waals surface area contributed by atoms with Crippen molar-refractivity contribution in [2.75, 3.05) is 4.90 Å². The number of anilines is 3. The van der Waals surface area contributed by atoms with Crippen molar-refractivity contribution in [2.45, 2.75) is 5.41 Å². The molecule has 4 heteroatoms. The molecule has 14 aromatic rings. The van der Waals surface area contributed by atoms with Crippen LogP contribution in [0.1, 0.15) is 22.3 Å². The molecule has 1 spiro atoms. The van der Waals surface area contributed by atoms with Gasteiger partial charge in [0.2, 0.25) is 6.71 Å². The smallest absolute Gasteiger partial charge is 0.248 e. The Kier molecular flexibility index (Phi) is 10.1. The van der Waals surface area contributed by atoms with E-state index in [1.165, 1.54) is 143 Å². The van der Waals surface area contributed by atoms with Gasteiger partial charge in [0.05, 0.1) is 16.4 Å². The van der Waals surface area contributed by atoms with Crippen molar-refractivity contribution >= 4 is 85.8 Å². The molecule has 0 saturated carbocycles. The molecule has 0 bridgehead atoms. The minimum atomic E-state index is -1.12. The van der Waals surface area contributed by atoms with E-state index in [1.54, 1.807) is 0 Å². The van der Waals surface area contributed by atoms with Crippen molar-refractivity contribution in [3.63, 3.8) is 0 Å². The van der Waals surface area contributed by atoms with Gasteiger partial charge in [-0.25, -0.2) is 0 Å². The molecular weight excluding hydrogens is 1020 g/mol. The molecular formula is C79H50BN2P. The first kappa shape index (κ1) is 46.7. The van der Waals surface area contributed by atoms with Crippen LogP contribution in [0.5, 0.6) is 0 Å². The Hall–Kier alpha value is -10.0. The minimum Gasteiger partial charge on any atom is -0.311 e. The van der Waals surface area contributed by atoms with Gasteiger partial charge in [-0.3, -0.25) is 0 Å². The summed E-state index contributed by atoms with van der Waals surface area (Å²) >= 11 is 0. The van der Waals surface area contributed by atoms with Crippen LogP contribution in [0.3, 0.4) is 0 Å². The molecule has 0 saturated heterocycles. The highest BCUT2D eigenvalue weighted by atomic mass is 31.1. The topological polar surface area (TPSA) is 8.17 Å². The fourth-order valence-electron chi connectivity index (χ4n) is 15.2. The maximum atomic E-state index is 2.65. The summed E-state index contributed by atoms with van der Waals surface area (Å²) in [5, 5.41) is 6.62. The molecule has 0 radical (unpaired) electrons. The van der Waals surface area contributed by atoms with Gasteiger partial charge in [0.15, 0.2) is 0 Å². The zero-order valence-electron chi connectivity index (χ0n) is 45.3. The van der Waals surface area contributed by atoms with Crippen LogP contribution in [-0.2, 0) is 5.41 Å². The molecule has 0 fully saturated rings. The van der Waals surface area contributed by atoms with E-state index in [1.807, 2.05) is 0 Å². The van der Waals surface area contributed by atoms with Crippen LogP contribution in [0.15, 0.2) is 303 Å². The molecule has 4 aliphatic rings. The largest absolute Gasteiger partial charge is 0.311 e. The highest BCUT2D eigenvalue weighted by Gasteiger charge is 2.52. The molecule has 0 amide bonds. The molecule has 2 aliphatic heterocycles. The predicted molar refractivity (Wildman–Crippen MR) is 351 cm³/mol. The number of aromatic nitrogens is 1. The molecule has 2 aliphatic carbocycles. The normalized spacial score (nSPS) is 14.4. The van der Waals surface area contributed by atoms with Crippen molar-refractivity contribution in [3.05, 3.63) is 326 Å². The lowest BCUT2D eigenvalue weighted by Crippen LogP contribution is -2.67. The van der Waals surface area contributed by atoms with E-state index >= 15 is 0 Å². The summed E-state index contributed by atoms with van der Waals surface area (Å²) in [5.41, 5.74) is 28.6. The summed E-state index contributed by atoms with van der Waals surface area (Å²) in [6.45, 7) is -0.0759. The van der Waals surface area contributed by atoms with E-state index in [4.69, 9.17) is 0 Å². The van der Waals surface area contributed by atoms with E-state index in [9.17, 15) is 0 Å². The van der Waals surface area contributed by atoms with Crippen molar-refractivity contribution in [1.29, 1.82) is 0 Å². The molecule has 18 rings (SSSR count). The highest BCUT2D eigenvalue weighted by molar-refractivity contribution is 7.81. The highest BCUT2D eigenvalue weighted by Crippen LogP contribution is 2.63. The third-order valence-corrected chi connectivity index (χ3v) is 21.1. The minimum absolute atomic E-state index is 0.0759. The van der Waals surface area contributed by atoms with E-state index in [0.717, 1.165) is 11.4 Å². The Balaban J connectivity index is 0.954. The van der Waals surface area contributed by atoms with E-state index < -0.39 is 13.3 Å². The van der Waals surface area contributed by atoms with Gasteiger partial charge < -0.3 is 9.47 Å². The van der Waals surface area contributed by atoms with Crippen molar-refractivity contribution in [3.8, 4) is 61.3 Å². The van der Waals surface area contributed by atoms with Crippen molar-refractivity contribution < 1.29 is 0 Å². The lowest BCUT2D eigenvalue weighted by Gasteiger charge is -2.43. The first-order chi connectivity index (χ1) is 41.2. The fourth-order valence-corrected chi connectivity index (χ4v) is 17.8. The molecule has 1 aromatic heterocycles. The van der Waals surface area contributed by atoms with Crippen LogP contribution in [0.4, 0.5) is 17.1 Å². The summed E-state index contributed by atoms with van der Waals surface area (Å²) in [7, 11) is -1.12. The summed E-state index contributed by atoms with van der Waals surface area (Å²) in [6.07, 6.45) is 0.